The van der Waals surface area contributed by atoms with Crippen LogP contribution in [0, 0.1) is 5.92 Å². The number of nitrogens with one attached hydrogen (secondary N) is 1. The highest BCUT2D eigenvalue weighted by molar-refractivity contribution is 5.51. The van der Waals surface area contributed by atoms with E-state index in [1.807, 2.05) is 0 Å². The summed E-state index contributed by atoms with van der Waals surface area (Å²) in [4.78, 5) is 20.2. The van der Waals surface area contributed by atoms with E-state index < -0.39 is 37.2 Å². The molecule has 0 amide bonds. The van der Waals surface area contributed by atoms with Crippen molar-refractivity contribution in [2.45, 2.75) is 50.5 Å². The van der Waals surface area contributed by atoms with Gasteiger partial charge in [-0.05, 0) is 51.3 Å². The zero-order valence-electron chi connectivity index (χ0n) is 16.9. The molecule has 12 heteroatoms. The van der Waals surface area contributed by atoms with E-state index in [9.17, 15) is 31.1 Å². The molecular formula is C20H21F6N5O. The predicted octanol–water partition coefficient (Wildman–Crippen LogP) is 3.97. The van der Waals surface area contributed by atoms with E-state index in [1.54, 1.807) is 0 Å². The Morgan fingerprint density at radius 1 is 1.16 bits per heavy atom. The predicted molar refractivity (Wildman–Crippen MR) is 103 cm³/mol. The van der Waals surface area contributed by atoms with Gasteiger partial charge in [-0.1, -0.05) is 6.58 Å². The van der Waals surface area contributed by atoms with Crippen LogP contribution in [0.15, 0.2) is 17.6 Å². The standard InChI is InChI=1S/C20H21F6N5O/c1-2-15-13(10-27-31(15)18-28-14-5-3-4-12(14)17(32)29-18)16(20(24,25)26)30-8-6-11(7-9-30)19(21,22)23/h2,10-11,16H,1,3-9H2,(H,28,29,32). The maximum Gasteiger partial charge on any atom is 0.408 e. The van der Waals surface area contributed by atoms with Crippen molar-refractivity contribution in [1.29, 1.82) is 0 Å². The maximum absolute atomic E-state index is 14.1. The first-order valence-corrected chi connectivity index (χ1v) is 10.2. The van der Waals surface area contributed by atoms with Crippen LogP contribution in [0.3, 0.4) is 0 Å². The largest absolute Gasteiger partial charge is 0.408 e. The molecule has 3 heterocycles. The van der Waals surface area contributed by atoms with Crippen LogP contribution in [0.2, 0.25) is 0 Å². The van der Waals surface area contributed by atoms with Crippen molar-refractivity contribution < 1.29 is 26.3 Å². The minimum absolute atomic E-state index is 0.0199. The average molecular weight is 461 g/mol. The van der Waals surface area contributed by atoms with Crippen molar-refractivity contribution >= 4 is 6.08 Å². The highest BCUT2D eigenvalue weighted by Crippen LogP contribution is 2.43. The van der Waals surface area contributed by atoms with Crippen LogP contribution in [0.25, 0.3) is 12.0 Å². The molecule has 2 aromatic rings. The molecule has 1 saturated heterocycles. The fourth-order valence-electron chi connectivity index (χ4n) is 4.55. The van der Waals surface area contributed by atoms with Gasteiger partial charge in [0, 0.05) is 11.1 Å². The number of H-pyrrole nitrogens is 1. The smallest absolute Gasteiger partial charge is 0.291 e. The van der Waals surface area contributed by atoms with Gasteiger partial charge in [-0.2, -0.15) is 36.1 Å². The second-order valence-corrected chi connectivity index (χ2v) is 8.07. The van der Waals surface area contributed by atoms with Crippen LogP contribution in [0.5, 0.6) is 0 Å². The molecule has 0 spiro atoms. The van der Waals surface area contributed by atoms with Crippen LogP contribution >= 0.6 is 0 Å². The van der Waals surface area contributed by atoms with Crippen LogP contribution in [-0.2, 0) is 12.8 Å². The SMILES string of the molecule is C=Cc1c(C(N2CCC(C(F)(F)F)CC2)C(F)(F)F)cnn1-c1nc2c(c(=O)[nH]1)CCC2. The molecule has 1 N–H and O–H groups in total. The van der Waals surface area contributed by atoms with E-state index in [2.05, 4.69) is 21.6 Å². The van der Waals surface area contributed by atoms with E-state index in [4.69, 9.17) is 0 Å². The minimum Gasteiger partial charge on any atom is -0.291 e. The fourth-order valence-corrected chi connectivity index (χ4v) is 4.55. The van der Waals surface area contributed by atoms with Crippen molar-refractivity contribution in [2.75, 3.05) is 13.1 Å². The van der Waals surface area contributed by atoms with E-state index >= 15 is 0 Å². The van der Waals surface area contributed by atoms with Gasteiger partial charge in [0.05, 0.1) is 23.5 Å². The topological polar surface area (TPSA) is 66.8 Å². The number of piperidine rings is 1. The molecule has 1 atom stereocenters. The molecule has 0 radical (unpaired) electrons. The molecule has 4 rings (SSSR count). The number of hydrogen-bond donors (Lipinski definition) is 1. The number of fused-ring (bicyclic) bond motifs is 1. The lowest BCUT2D eigenvalue weighted by Crippen LogP contribution is -2.45. The first kappa shape index (κ1) is 22.6. The zero-order chi connectivity index (χ0) is 23.3. The van der Waals surface area contributed by atoms with Gasteiger partial charge in [0.15, 0.2) is 0 Å². The molecule has 1 fully saturated rings. The Kier molecular flexibility index (Phi) is 5.68. The number of rotatable bonds is 4. The normalized spacial score (nSPS) is 19.2. The lowest BCUT2D eigenvalue weighted by atomic mass is 9.93. The number of nitrogens with zero attached hydrogens (tertiary/aromatic N) is 4. The van der Waals surface area contributed by atoms with Gasteiger partial charge in [0.25, 0.3) is 5.56 Å². The molecule has 2 aromatic heterocycles. The average Bonchev–Trinajstić information content (AvgIpc) is 3.34. The first-order chi connectivity index (χ1) is 15.0. The van der Waals surface area contributed by atoms with E-state index in [0.29, 0.717) is 24.1 Å². The fraction of sp³-hybridized carbons (Fsp3) is 0.550. The molecule has 0 aromatic carbocycles. The van der Waals surface area contributed by atoms with Gasteiger partial charge in [-0.3, -0.25) is 14.7 Å². The molecule has 1 aliphatic carbocycles. The number of aromatic amines is 1. The second-order valence-electron chi connectivity index (χ2n) is 8.07. The van der Waals surface area contributed by atoms with Crippen molar-refractivity contribution in [3.63, 3.8) is 0 Å². The number of alkyl halides is 6. The molecular weight excluding hydrogens is 440 g/mol. The van der Waals surface area contributed by atoms with Crippen LogP contribution in [0.4, 0.5) is 26.3 Å². The molecule has 32 heavy (non-hydrogen) atoms. The van der Waals surface area contributed by atoms with Gasteiger partial charge in [0.2, 0.25) is 5.95 Å². The van der Waals surface area contributed by atoms with Crippen molar-refractivity contribution in [3.8, 4) is 5.95 Å². The third-order valence-corrected chi connectivity index (χ3v) is 6.12. The zero-order valence-corrected chi connectivity index (χ0v) is 16.9. The molecule has 0 saturated carbocycles. The monoisotopic (exact) mass is 461 g/mol. The van der Waals surface area contributed by atoms with Crippen LogP contribution in [-0.4, -0.2) is 50.1 Å². The van der Waals surface area contributed by atoms with Crippen molar-refractivity contribution in [1.82, 2.24) is 24.6 Å². The van der Waals surface area contributed by atoms with Gasteiger partial charge in [0.1, 0.15) is 6.04 Å². The summed E-state index contributed by atoms with van der Waals surface area (Å²) in [6, 6.07) is -2.15. The summed E-state index contributed by atoms with van der Waals surface area (Å²) in [6.45, 7) is 2.87. The molecule has 6 nitrogen and oxygen atoms in total. The minimum atomic E-state index is -4.75. The highest BCUT2D eigenvalue weighted by Gasteiger charge is 2.49. The summed E-state index contributed by atoms with van der Waals surface area (Å²) < 4.78 is 82.2. The van der Waals surface area contributed by atoms with Gasteiger partial charge >= 0.3 is 12.4 Å². The third-order valence-electron chi connectivity index (χ3n) is 6.12. The van der Waals surface area contributed by atoms with Gasteiger partial charge in [-0.15, -0.1) is 0 Å². The summed E-state index contributed by atoms with van der Waals surface area (Å²) in [5.41, 5.74) is 0.503. The number of aromatic nitrogens is 4. The number of halogens is 6. The summed E-state index contributed by atoms with van der Waals surface area (Å²) in [6.07, 6.45) is -5.88. The van der Waals surface area contributed by atoms with Crippen LogP contribution < -0.4 is 5.56 Å². The quantitative estimate of drug-likeness (QED) is 0.700. The maximum atomic E-state index is 14.1. The Balaban J connectivity index is 1.70. The van der Waals surface area contributed by atoms with E-state index in [0.717, 1.165) is 22.2 Å². The Bertz CT molecular complexity index is 1060. The molecule has 174 valence electrons. The van der Waals surface area contributed by atoms with E-state index in [1.165, 1.54) is 6.08 Å². The van der Waals surface area contributed by atoms with Gasteiger partial charge in [-0.25, -0.2) is 4.98 Å². The van der Waals surface area contributed by atoms with Crippen molar-refractivity contribution in [3.05, 3.63) is 45.6 Å². The Hall–Kier alpha value is -2.63. The number of hydrogen-bond acceptors (Lipinski definition) is 4. The summed E-state index contributed by atoms with van der Waals surface area (Å²) in [5.74, 6) is -1.64. The first-order valence-electron chi connectivity index (χ1n) is 10.2. The Morgan fingerprint density at radius 3 is 2.44 bits per heavy atom. The Morgan fingerprint density at radius 2 is 1.84 bits per heavy atom. The molecule has 2 aliphatic rings. The molecule has 1 unspecified atom stereocenters. The van der Waals surface area contributed by atoms with Crippen molar-refractivity contribution in [2.24, 2.45) is 5.92 Å². The van der Waals surface area contributed by atoms with Gasteiger partial charge < -0.3 is 0 Å². The van der Waals surface area contributed by atoms with E-state index in [-0.39, 0.29) is 35.9 Å². The molecule has 0 bridgehead atoms. The highest BCUT2D eigenvalue weighted by atomic mass is 19.4. The second kappa shape index (κ2) is 8.05. The van der Waals surface area contributed by atoms with Crippen LogP contribution in [0.1, 0.15) is 47.8 Å². The summed E-state index contributed by atoms with van der Waals surface area (Å²) in [7, 11) is 0. The lowest BCUT2D eigenvalue weighted by molar-refractivity contribution is -0.208. The number of likely N-dealkylation sites (tertiary alicyclic amines) is 1. The number of aryl methyl sites for hydroxylation is 1. The third kappa shape index (κ3) is 4.07. The Labute approximate surface area is 178 Å². The summed E-state index contributed by atoms with van der Waals surface area (Å²) in [5, 5.41) is 4.01. The lowest BCUT2D eigenvalue weighted by Gasteiger charge is -2.38. The summed E-state index contributed by atoms with van der Waals surface area (Å²) >= 11 is 0. The molecule has 1 aliphatic heterocycles.